The Morgan fingerprint density at radius 1 is 1.08 bits per heavy atom. The van der Waals surface area contributed by atoms with Crippen molar-refractivity contribution in [1.82, 2.24) is 9.78 Å². The van der Waals surface area contributed by atoms with Crippen LogP contribution in [0.25, 0.3) is 11.3 Å². The second kappa shape index (κ2) is 7.65. The number of carbonyl (C=O) groups excluding carboxylic acids is 1. The van der Waals surface area contributed by atoms with Crippen molar-refractivity contribution in [2.45, 2.75) is 13.0 Å². The van der Waals surface area contributed by atoms with E-state index < -0.39 is 6.04 Å². The number of rotatable bonds is 5. The number of amides is 1. The summed E-state index contributed by atoms with van der Waals surface area (Å²) >= 11 is 0. The van der Waals surface area contributed by atoms with E-state index in [2.05, 4.69) is 10.4 Å². The van der Waals surface area contributed by atoms with Crippen LogP contribution < -0.4 is 15.6 Å². The van der Waals surface area contributed by atoms with Crippen LogP contribution >= 0.6 is 0 Å². The smallest absolute Gasteiger partial charge is 0.267 e. The Labute approximate surface area is 151 Å². The third kappa shape index (κ3) is 3.80. The highest BCUT2D eigenvalue weighted by molar-refractivity contribution is 5.93. The molecule has 3 rings (SSSR count). The van der Waals surface area contributed by atoms with Gasteiger partial charge >= 0.3 is 0 Å². The zero-order valence-electron chi connectivity index (χ0n) is 14.5. The van der Waals surface area contributed by atoms with Crippen LogP contribution in [0.4, 0.5) is 5.69 Å². The average molecular weight is 349 g/mol. The van der Waals surface area contributed by atoms with E-state index in [1.807, 2.05) is 30.3 Å². The molecule has 3 aromatic rings. The van der Waals surface area contributed by atoms with Crippen LogP contribution in [0, 0.1) is 0 Å². The molecule has 1 unspecified atom stereocenters. The molecular formula is C20H19N3O3. The van der Waals surface area contributed by atoms with Crippen molar-refractivity contribution >= 4 is 11.6 Å². The number of nitrogens with zero attached hydrogens (tertiary/aromatic N) is 2. The molecule has 132 valence electrons. The molecular weight excluding hydrogens is 330 g/mol. The molecule has 1 N–H and O–H groups in total. The van der Waals surface area contributed by atoms with Gasteiger partial charge in [0.15, 0.2) is 0 Å². The fourth-order valence-electron chi connectivity index (χ4n) is 2.52. The summed E-state index contributed by atoms with van der Waals surface area (Å²) in [7, 11) is 1.56. The van der Waals surface area contributed by atoms with E-state index in [9.17, 15) is 9.59 Å². The van der Waals surface area contributed by atoms with Crippen molar-refractivity contribution in [3.05, 3.63) is 77.1 Å². The van der Waals surface area contributed by atoms with Crippen molar-refractivity contribution in [2.24, 2.45) is 0 Å². The van der Waals surface area contributed by atoms with Crippen molar-refractivity contribution in [2.75, 3.05) is 12.4 Å². The Morgan fingerprint density at radius 2 is 1.85 bits per heavy atom. The van der Waals surface area contributed by atoms with Gasteiger partial charge in [0.05, 0.1) is 12.8 Å². The van der Waals surface area contributed by atoms with Gasteiger partial charge in [-0.2, -0.15) is 5.10 Å². The van der Waals surface area contributed by atoms with Gasteiger partial charge in [0, 0.05) is 23.4 Å². The van der Waals surface area contributed by atoms with E-state index in [1.165, 1.54) is 10.7 Å². The predicted molar refractivity (Wildman–Crippen MR) is 100 cm³/mol. The lowest BCUT2D eigenvalue weighted by Crippen LogP contribution is -2.33. The number of aromatic nitrogens is 2. The Morgan fingerprint density at radius 3 is 2.58 bits per heavy atom. The van der Waals surface area contributed by atoms with Gasteiger partial charge in [-0.1, -0.05) is 36.4 Å². The van der Waals surface area contributed by atoms with Crippen molar-refractivity contribution in [3.8, 4) is 17.0 Å². The highest BCUT2D eigenvalue weighted by atomic mass is 16.5. The van der Waals surface area contributed by atoms with Crippen LogP contribution in [-0.2, 0) is 4.79 Å². The summed E-state index contributed by atoms with van der Waals surface area (Å²) in [6, 6.07) is 18.8. The molecule has 0 aliphatic rings. The Hall–Kier alpha value is -3.41. The molecule has 2 aromatic carbocycles. The Bertz CT molecular complexity index is 967. The van der Waals surface area contributed by atoms with Crippen LogP contribution in [0.2, 0.25) is 0 Å². The lowest BCUT2D eigenvalue weighted by atomic mass is 10.1. The number of ether oxygens (including phenoxy) is 1. The number of hydrogen-bond acceptors (Lipinski definition) is 4. The summed E-state index contributed by atoms with van der Waals surface area (Å²) in [5, 5.41) is 7.14. The fraction of sp³-hybridized carbons (Fsp3) is 0.150. The first-order valence-electron chi connectivity index (χ1n) is 8.18. The summed E-state index contributed by atoms with van der Waals surface area (Å²) < 4.78 is 6.34. The maximum absolute atomic E-state index is 12.6. The summed E-state index contributed by atoms with van der Waals surface area (Å²) in [6.45, 7) is 1.64. The highest BCUT2D eigenvalue weighted by Gasteiger charge is 2.18. The standard InChI is InChI=1S/C20H19N3O3/c1-14(20(25)21-16-9-6-10-17(13-16)26-2)23-19(24)12-11-18(22-23)15-7-4-3-5-8-15/h3-14H,1-2H3,(H,21,25). The number of carbonyl (C=O) groups is 1. The van der Waals surface area contributed by atoms with Crippen LogP contribution in [-0.4, -0.2) is 22.8 Å². The first kappa shape index (κ1) is 17.4. The largest absolute Gasteiger partial charge is 0.497 e. The van der Waals surface area contributed by atoms with Crippen LogP contribution in [0.3, 0.4) is 0 Å². The maximum Gasteiger partial charge on any atom is 0.267 e. The molecule has 0 spiro atoms. The predicted octanol–water partition coefficient (Wildman–Crippen LogP) is 3.12. The van der Waals surface area contributed by atoms with Crippen LogP contribution in [0.15, 0.2) is 71.5 Å². The molecule has 0 saturated carbocycles. The van der Waals surface area contributed by atoms with E-state index >= 15 is 0 Å². The summed E-state index contributed by atoms with van der Waals surface area (Å²) in [5.74, 6) is 0.301. The molecule has 1 aromatic heterocycles. The minimum absolute atomic E-state index is 0.335. The van der Waals surface area contributed by atoms with Gasteiger partial charge < -0.3 is 10.1 Å². The molecule has 0 aliphatic heterocycles. The highest BCUT2D eigenvalue weighted by Crippen LogP contribution is 2.19. The van der Waals surface area contributed by atoms with Gasteiger partial charge in [0.1, 0.15) is 11.8 Å². The van der Waals surface area contributed by atoms with E-state index in [1.54, 1.807) is 44.4 Å². The fourth-order valence-corrected chi connectivity index (χ4v) is 2.52. The minimum Gasteiger partial charge on any atom is -0.497 e. The maximum atomic E-state index is 12.6. The van der Waals surface area contributed by atoms with Crippen LogP contribution in [0.5, 0.6) is 5.75 Å². The third-order valence-corrected chi connectivity index (χ3v) is 3.98. The quantitative estimate of drug-likeness (QED) is 0.768. The molecule has 6 nitrogen and oxygen atoms in total. The number of nitrogens with one attached hydrogen (secondary N) is 1. The Balaban J connectivity index is 1.85. The molecule has 0 fully saturated rings. The van der Waals surface area contributed by atoms with Gasteiger partial charge in [0.25, 0.3) is 5.56 Å². The van der Waals surface area contributed by atoms with E-state index in [-0.39, 0.29) is 11.5 Å². The van der Waals surface area contributed by atoms with E-state index in [4.69, 9.17) is 4.74 Å². The average Bonchev–Trinajstić information content (AvgIpc) is 2.68. The number of hydrogen-bond donors (Lipinski definition) is 1. The first-order chi connectivity index (χ1) is 12.6. The van der Waals surface area contributed by atoms with Gasteiger partial charge in [-0.3, -0.25) is 9.59 Å². The number of benzene rings is 2. The Kier molecular flexibility index (Phi) is 5.12. The molecule has 1 atom stereocenters. The number of methoxy groups -OCH3 is 1. The molecule has 0 bridgehead atoms. The molecule has 1 heterocycles. The van der Waals surface area contributed by atoms with Gasteiger partial charge in [-0.15, -0.1) is 0 Å². The zero-order valence-corrected chi connectivity index (χ0v) is 14.5. The van der Waals surface area contributed by atoms with Gasteiger partial charge in [-0.05, 0) is 25.1 Å². The molecule has 0 saturated heterocycles. The summed E-state index contributed by atoms with van der Waals surface area (Å²) in [6.07, 6.45) is 0. The zero-order chi connectivity index (χ0) is 18.5. The summed E-state index contributed by atoms with van der Waals surface area (Å²) in [5.41, 5.74) is 1.76. The van der Waals surface area contributed by atoms with Crippen molar-refractivity contribution < 1.29 is 9.53 Å². The molecule has 0 radical (unpaired) electrons. The molecule has 1 amide bonds. The molecule has 26 heavy (non-hydrogen) atoms. The minimum atomic E-state index is -0.766. The van der Waals surface area contributed by atoms with Gasteiger partial charge in [-0.25, -0.2) is 4.68 Å². The lowest BCUT2D eigenvalue weighted by molar-refractivity contribution is -0.119. The SMILES string of the molecule is COc1cccc(NC(=O)C(C)n2nc(-c3ccccc3)ccc2=O)c1. The lowest BCUT2D eigenvalue weighted by Gasteiger charge is -2.15. The van der Waals surface area contributed by atoms with Crippen LogP contribution in [0.1, 0.15) is 13.0 Å². The van der Waals surface area contributed by atoms with E-state index in [0.717, 1.165) is 5.56 Å². The monoisotopic (exact) mass is 349 g/mol. The van der Waals surface area contributed by atoms with Crippen molar-refractivity contribution in [1.29, 1.82) is 0 Å². The normalized spacial score (nSPS) is 11.6. The third-order valence-electron chi connectivity index (χ3n) is 3.98. The summed E-state index contributed by atoms with van der Waals surface area (Å²) in [4.78, 5) is 24.8. The van der Waals surface area contributed by atoms with Crippen molar-refractivity contribution in [3.63, 3.8) is 0 Å². The van der Waals surface area contributed by atoms with Gasteiger partial charge in [0.2, 0.25) is 5.91 Å². The second-order valence-electron chi connectivity index (χ2n) is 5.76. The molecule has 0 aliphatic carbocycles. The first-order valence-corrected chi connectivity index (χ1v) is 8.18. The second-order valence-corrected chi connectivity index (χ2v) is 5.76. The molecule has 6 heteroatoms. The topological polar surface area (TPSA) is 73.2 Å². The van der Waals surface area contributed by atoms with E-state index in [0.29, 0.717) is 17.1 Å². The number of anilines is 1.